The number of piperazine rings is 1. The second kappa shape index (κ2) is 5.09. The SMILES string of the molecule is NC(=S)c1cccnc1N1CCN(C=O)CC1. The molecule has 1 saturated heterocycles. The highest BCUT2D eigenvalue weighted by atomic mass is 32.1. The number of rotatable bonds is 3. The van der Waals surface area contributed by atoms with Crippen LogP contribution >= 0.6 is 12.2 Å². The molecule has 0 unspecified atom stereocenters. The van der Waals surface area contributed by atoms with Gasteiger partial charge in [0.2, 0.25) is 6.41 Å². The summed E-state index contributed by atoms with van der Waals surface area (Å²) < 4.78 is 0. The minimum Gasteiger partial charge on any atom is -0.389 e. The lowest BCUT2D eigenvalue weighted by Gasteiger charge is -2.34. The van der Waals surface area contributed by atoms with Gasteiger partial charge in [-0.1, -0.05) is 12.2 Å². The fourth-order valence-corrected chi connectivity index (χ4v) is 2.04. The van der Waals surface area contributed by atoms with E-state index in [2.05, 4.69) is 9.88 Å². The zero-order valence-corrected chi connectivity index (χ0v) is 10.2. The number of thiocarbonyl (C=S) groups is 1. The Bertz CT molecular complexity index is 429. The first-order valence-electron chi connectivity index (χ1n) is 5.41. The molecule has 1 amide bonds. The number of anilines is 1. The summed E-state index contributed by atoms with van der Waals surface area (Å²) >= 11 is 5.01. The molecule has 0 bridgehead atoms. The number of amides is 1. The molecule has 2 N–H and O–H groups in total. The van der Waals surface area contributed by atoms with Crippen LogP contribution in [0, 0.1) is 0 Å². The van der Waals surface area contributed by atoms with Crippen LogP contribution in [-0.4, -0.2) is 47.5 Å². The van der Waals surface area contributed by atoms with Gasteiger partial charge in [-0.15, -0.1) is 0 Å². The van der Waals surface area contributed by atoms with Crippen molar-refractivity contribution in [1.29, 1.82) is 0 Å². The number of carbonyl (C=O) groups is 1. The standard InChI is InChI=1S/C11H14N4OS/c12-10(17)9-2-1-3-13-11(9)15-6-4-14(8-16)5-7-15/h1-3,8H,4-7H2,(H2,12,17). The molecule has 1 aromatic heterocycles. The summed E-state index contributed by atoms with van der Waals surface area (Å²) in [5.74, 6) is 0.811. The van der Waals surface area contributed by atoms with Crippen LogP contribution in [0.5, 0.6) is 0 Å². The molecule has 2 heterocycles. The fraction of sp³-hybridized carbons (Fsp3) is 0.364. The maximum absolute atomic E-state index is 10.6. The number of hydrogen-bond acceptors (Lipinski definition) is 4. The number of hydrogen-bond donors (Lipinski definition) is 1. The van der Waals surface area contributed by atoms with Crippen LogP contribution in [-0.2, 0) is 4.79 Å². The van der Waals surface area contributed by atoms with E-state index in [0.29, 0.717) is 18.1 Å². The van der Waals surface area contributed by atoms with E-state index in [9.17, 15) is 4.79 Å². The highest BCUT2D eigenvalue weighted by molar-refractivity contribution is 7.80. The van der Waals surface area contributed by atoms with Gasteiger partial charge in [0.1, 0.15) is 10.8 Å². The normalized spacial score (nSPS) is 15.8. The summed E-state index contributed by atoms with van der Waals surface area (Å²) in [6.45, 7) is 2.92. The van der Waals surface area contributed by atoms with Crippen LogP contribution in [0.2, 0.25) is 0 Å². The average Bonchev–Trinajstić information content (AvgIpc) is 2.39. The van der Waals surface area contributed by atoms with Crippen LogP contribution in [0.25, 0.3) is 0 Å². The van der Waals surface area contributed by atoms with Gasteiger partial charge in [-0.3, -0.25) is 4.79 Å². The first-order chi connectivity index (χ1) is 8.22. The van der Waals surface area contributed by atoms with Gasteiger partial charge in [-0.2, -0.15) is 0 Å². The number of nitrogens with zero attached hydrogens (tertiary/aromatic N) is 3. The Hall–Kier alpha value is -1.69. The Morgan fingerprint density at radius 3 is 2.71 bits per heavy atom. The summed E-state index contributed by atoms with van der Waals surface area (Å²) in [4.78, 5) is 19.2. The maximum Gasteiger partial charge on any atom is 0.209 e. The molecule has 1 aliphatic heterocycles. The van der Waals surface area contributed by atoms with Gasteiger partial charge in [0.05, 0.1) is 5.56 Å². The lowest BCUT2D eigenvalue weighted by atomic mass is 10.2. The van der Waals surface area contributed by atoms with Crippen LogP contribution < -0.4 is 10.6 Å². The molecule has 0 aliphatic carbocycles. The Morgan fingerprint density at radius 2 is 2.12 bits per heavy atom. The quantitative estimate of drug-likeness (QED) is 0.604. The topological polar surface area (TPSA) is 62.5 Å². The minimum atomic E-state index is 0.353. The molecule has 2 rings (SSSR count). The zero-order valence-electron chi connectivity index (χ0n) is 9.37. The van der Waals surface area contributed by atoms with Crippen LogP contribution in [0.3, 0.4) is 0 Å². The van der Waals surface area contributed by atoms with Crippen LogP contribution in [0.15, 0.2) is 18.3 Å². The summed E-state index contributed by atoms with van der Waals surface area (Å²) in [6, 6.07) is 3.69. The number of nitrogens with two attached hydrogens (primary N) is 1. The van der Waals surface area contributed by atoms with E-state index >= 15 is 0 Å². The highest BCUT2D eigenvalue weighted by Crippen LogP contribution is 2.18. The van der Waals surface area contributed by atoms with Crippen molar-refractivity contribution >= 4 is 29.4 Å². The van der Waals surface area contributed by atoms with Crippen molar-refractivity contribution in [2.24, 2.45) is 5.73 Å². The van der Waals surface area contributed by atoms with Gasteiger partial charge in [-0.25, -0.2) is 4.98 Å². The van der Waals surface area contributed by atoms with E-state index in [1.807, 2.05) is 12.1 Å². The van der Waals surface area contributed by atoms with E-state index in [1.165, 1.54) is 0 Å². The maximum atomic E-state index is 10.6. The van der Waals surface area contributed by atoms with Gasteiger partial charge >= 0.3 is 0 Å². The van der Waals surface area contributed by atoms with Crippen molar-refractivity contribution in [1.82, 2.24) is 9.88 Å². The van der Waals surface area contributed by atoms with E-state index in [0.717, 1.165) is 30.9 Å². The molecule has 5 nitrogen and oxygen atoms in total. The van der Waals surface area contributed by atoms with Gasteiger partial charge < -0.3 is 15.5 Å². The molecule has 0 aromatic carbocycles. The monoisotopic (exact) mass is 250 g/mol. The predicted molar refractivity (Wildman–Crippen MR) is 70.0 cm³/mol. The Balaban J connectivity index is 2.18. The van der Waals surface area contributed by atoms with Crippen molar-refractivity contribution in [3.8, 4) is 0 Å². The largest absolute Gasteiger partial charge is 0.389 e. The molecule has 90 valence electrons. The number of aromatic nitrogens is 1. The molecule has 0 saturated carbocycles. The second-order valence-electron chi connectivity index (χ2n) is 3.87. The van der Waals surface area contributed by atoms with Crippen molar-refractivity contribution in [2.75, 3.05) is 31.1 Å². The van der Waals surface area contributed by atoms with E-state index in [-0.39, 0.29) is 0 Å². The number of carbonyl (C=O) groups excluding carboxylic acids is 1. The molecule has 0 radical (unpaired) electrons. The molecular formula is C11H14N4OS. The van der Waals surface area contributed by atoms with E-state index in [4.69, 9.17) is 18.0 Å². The zero-order chi connectivity index (χ0) is 12.3. The second-order valence-corrected chi connectivity index (χ2v) is 4.31. The van der Waals surface area contributed by atoms with Gasteiger partial charge in [-0.05, 0) is 12.1 Å². The van der Waals surface area contributed by atoms with Crippen LogP contribution in [0.4, 0.5) is 5.82 Å². The summed E-state index contributed by atoms with van der Waals surface area (Å²) in [7, 11) is 0. The molecule has 1 aromatic rings. The Morgan fingerprint density at radius 1 is 1.41 bits per heavy atom. The number of pyridine rings is 1. The van der Waals surface area contributed by atoms with Crippen molar-refractivity contribution in [2.45, 2.75) is 0 Å². The third-order valence-electron chi connectivity index (χ3n) is 2.82. The molecule has 1 aliphatic rings. The summed E-state index contributed by atoms with van der Waals surface area (Å²) in [6.07, 6.45) is 2.60. The summed E-state index contributed by atoms with van der Waals surface area (Å²) in [5, 5.41) is 0. The summed E-state index contributed by atoms with van der Waals surface area (Å²) in [5.41, 5.74) is 6.47. The van der Waals surface area contributed by atoms with Crippen LogP contribution in [0.1, 0.15) is 5.56 Å². The smallest absolute Gasteiger partial charge is 0.209 e. The molecular weight excluding hydrogens is 236 g/mol. The third kappa shape index (κ3) is 2.52. The third-order valence-corrected chi connectivity index (χ3v) is 3.03. The average molecular weight is 250 g/mol. The molecule has 6 heteroatoms. The molecule has 1 fully saturated rings. The minimum absolute atomic E-state index is 0.353. The van der Waals surface area contributed by atoms with Crippen molar-refractivity contribution in [3.63, 3.8) is 0 Å². The van der Waals surface area contributed by atoms with Crippen molar-refractivity contribution in [3.05, 3.63) is 23.9 Å². The fourth-order valence-electron chi connectivity index (χ4n) is 1.88. The lowest BCUT2D eigenvalue weighted by molar-refractivity contribution is -0.118. The van der Waals surface area contributed by atoms with E-state index < -0.39 is 0 Å². The first kappa shape index (κ1) is 11.8. The van der Waals surface area contributed by atoms with Gasteiger partial charge in [0, 0.05) is 32.4 Å². The van der Waals surface area contributed by atoms with Gasteiger partial charge in [0.25, 0.3) is 0 Å². The first-order valence-corrected chi connectivity index (χ1v) is 5.82. The molecule has 17 heavy (non-hydrogen) atoms. The highest BCUT2D eigenvalue weighted by Gasteiger charge is 2.19. The molecule has 0 atom stereocenters. The lowest BCUT2D eigenvalue weighted by Crippen LogP contribution is -2.46. The predicted octanol–water partition coefficient (Wildman–Crippen LogP) is -0.00580. The Labute approximate surface area is 105 Å². The Kier molecular flexibility index (Phi) is 3.53. The molecule has 0 spiro atoms. The van der Waals surface area contributed by atoms with Crippen molar-refractivity contribution < 1.29 is 4.79 Å². The van der Waals surface area contributed by atoms with Gasteiger partial charge in [0.15, 0.2) is 0 Å². The van der Waals surface area contributed by atoms with E-state index in [1.54, 1.807) is 11.1 Å².